The van der Waals surface area contributed by atoms with E-state index in [0.717, 1.165) is 36.4 Å². The second-order valence-electron chi connectivity index (χ2n) is 5.21. The highest BCUT2D eigenvalue weighted by molar-refractivity contribution is 7.16. The molecule has 0 aromatic carbocycles. The molecular formula is C14H16N4O2S. The van der Waals surface area contributed by atoms with Crippen LogP contribution in [0.3, 0.4) is 0 Å². The fourth-order valence-corrected chi connectivity index (χ4v) is 3.94. The van der Waals surface area contributed by atoms with Crippen molar-refractivity contribution in [3.63, 3.8) is 0 Å². The van der Waals surface area contributed by atoms with Gasteiger partial charge in [-0.15, -0.1) is 11.3 Å². The van der Waals surface area contributed by atoms with Gasteiger partial charge in [-0.2, -0.15) is 5.26 Å². The summed E-state index contributed by atoms with van der Waals surface area (Å²) in [6, 6.07) is 2.20. The molecule has 21 heavy (non-hydrogen) atoms. The third-order valence-corrected chi connectivity index (χ3v) is 4.95. The lowest BCUT2D eigenvalue weighted by Gasteiger charge is -2.14. The third-order valence-electron chi connectivity index (χ3n) is 3.80. The Kier molecular flexibility index (Phi) is 3.90. The van der Waals surface area contributed by atoms with Gasteiger partial charge < -0.3 is 15.5 Å². The van der Waals surface area contributed by atoms with Crippen molar-refractivity contribution in [1.29, 1.82) is 5.26 Å². The highest BCUT2D eigenvalue weighted by atomic mass is 32.1. The van der Waals surface area contributed by atoms with Gasteiger partial charge in [-0.1, -0.05) is 0 Å². The molecule has 2 aliphatic heterocycles. The van der Waals surface area contributed by atoms with E-state index in [4.69, 9.17) is 0 Å². The van der Waals surface area contributed by atoms with Crippen molar-refractivity contribution in [1.82, 2.24) is 10.2 Å². The summed E-state index contributed by atoms with van der Waals surface area (Å²) >= 11 is 1.45. The molecule has 0 spiro atoms. The number of amides is 2. The van der Waals surface area contributed by atoms with Gasteiger partial charge >= 0.3 is 0 Å². The molecule has 110 valence electrons. The van der Waals surface area contributed by atoms with Crippen molar-refractivity contribution in [2.24, 2.45) is 0 Å². The first-order valence-corrected chi connectivity index (χ1v) is 7.83. The topological polar surface area (TPSA) is 85.2 Å². The molecule has 0 atom stereocenters. The van der Waals surface area contributed by atoms with Crippen LogP contribution in [0.1, 0.15) is 28.8 Å². The summed E-state index contributed by atoms with van der Waals surface area (Å²) in [6.07, 6.45) is 2.15. The zero-order chi connectivity index (χ0) is 14.8. The summed E-state index contributed by atoms with van der Waals surface area (Å²) in [6.45, 7) is 2.32. The normalized spacial score (nSPS) is 17.5. The molecule has 1 aromatic heterocycles. The Balaban J connectivity index is 1.72. The fraction of sp³-hybridized carbons (Fsp3) is 0.500. The Labute approximate surface area is 126 Å². The maximum Gasteiger partial charge on any atom is 0.244 e. The van der Waals surface area contributed by atoms with Gasteiger partial charge in [0.05, 0.1) is 12.1 Å². The number of nitrogens with one attached hydrogen (secondary N) is 2. The Morgan fingerprint density at radius 3 is 3.05 bits per heavy atom. The lowest BCUT2D eigenvalue weighted by Crippen LogP contribution is -2.33. The van der Waals surface area contributed by atoms with E-state index in [9.17, 15) is 14.9 Å². The molecule has 2 N–H and O–H groups in total. The van der Waals surface area contributed by atoms with E-state index in [1.807, 2.05) is 0 Å². The van der Waals surface area contributed by atoms with E-state index in [-0.39, 0.29) is 18.4 Å². The fourth-order valence-electron chi connectivity index (χ4n) is 2.75. The highest BCUT2D eigenvalue weighted by Gasteiger charge is 2.25. The summed E-state index contributed by atoms with van der Waals surface area (Å²) < 4.78 is 0. The molecule has 0 unspecified atom stereocenters. The van der Waals surface area contributed by atoms with Crippen molar-refractivity contribution in [2.75, 3.05) is 25.0 Å². The van der Waals surface area contributed by atoms with Crippen LogP contribution in [0, 0.1) is 11.3 Å². The SMILES string of the molecule is N#Cc1c(NC(=O)CN2CCCC2=O)sc2c1CCNC2. The van der Waals surface area contributed by atoms with Gasteiger partial charge in [0.15, 0.2) is 0 Å². The quantitative estimate of drug-likeness (QED) is 0.866. The van der Waals surface area contributed by atoms with Crippen LogP contribution in [-0.2, 0) is 22.6 Å². The van der Waals surface area contributed by atoms with E-state index in [2.05, 4.69) is 16.7 Å². The van der Waals surface area contributed by atoms with E-state index in [0.29, 0.717) is 23.5 Å². The van der Waals surface area contributed by atoms with Crippen molar-refractivity contribution in [3.8, 4) is 6.07 Å². The van der Waals surface area contributed by atoms with Crippen LogP contribution in [0.15, 0.2) is 0 Å². The predicted molar refractivity (Wildman–Crippen MR) is 78.9 cm³/mol. The molecule has 0 saturated carbocycles. The number of nitrogens with zero attached hydrogens (tertiary/aromatic N) is 2. The molecule has 7 heteroatoms. The number of rotatable bonds is 3. The standard InChI is InChI=1S/C14H16N4O2S/c15-6-10-9-3-4-16-7-11(9)21-14(10)17-12(19)8-18-5-1-2-13(18)20/h16H,1-5,7-8H2,(H,17,19). The van der Waals surface area contributed by atoms with E-state index >= 15 is 0 Å². The van der Waals surface area contributed by atoms with E-state index in [1.54, 1.807) is 4.90 Å². The van der Waals surface area contributed by atoms with Crippen molar-refractivity contribution >= 4 is 28.2 Å². The van der Waals surface area contributed by atoms with Crippen LogP contribution in [-0.4, -0.2) is 36.3 Å². The second kappa shape index (κ2) is 5.84. The zero-order valence-electron chi connectivity index (χ0n) is 11.6. The van der Waals surface area contributed by atoms with Crippen LogP contribution in [0.5, 0.6) is 0 Å². The smallest absolute Gasteiger partial charge is 0.244 e. The van der Waals surface area contributed by atoms with Gasteiger partial charge in [0.2, 0.25) is 11.8 Å². The first-order chi connectivity index (χ1) is 10.2. The molecule has 3 rings (SSSR count). The second-order valence-corrected chi connectivity index (χ2v) is 6.32. The number of likely N-dealkylation sites (tertiary alicyclic amines) is 1. The van der Waals surface area contributed by atoms with Crippen molar-refractivity contribution < 1.29 is 9.59 Å². The molecule has 6 nitrogen and oxygen atoms in total. The van der Waals surface area contributed by atoms with Crippen LogP contribution in [0.2, 0.25) is 0 Å². The number of carbonyl (C=O) groups excluding carboxylic acids is 2. The van der Waals surface area contributed by atoms with Crippen LogP contribution in [0.25, 0.3) is 0 Å². The third kappa shape index (κ3) is 2.77. The molecule has 1 aromatic rings. The molecule has 0 aliphatic carbocycles. The van der Waals surface area contributed by atoms with Crippen LogP contribution < -0.4 is 10.6 Å². The number of nitriles is 1. The molecule has 0 radical (unpaired) electrons. The summed E-state index contributed by atoms with van der Waals surface area (Å²) in [5.74, 6) is -0.200. The Bertz CT molecular complexity index is 632. The minimum Gasteiger partial charge on any atom is -0.333 e. The largest absolute Gasteiger partial charge is 0.333 e. The maximum absolute atomic E-state index is 12.1. The molecule has 1 fully saturated rings. The molecular weight excluding hydrogens is 288 g/mol. The van der Waals surface area contributed by atoms with Gasteiger partial charge in [0.1, 0.15) is 11.1 Å². The first-order valence-electron chi connectivity index (χ1n) is 7.02. The number of fused-ring (bicyclic) bond motifs is 1. The number of hydrogen-bond acceptors (Lipinski definition) is 5. The lowest BCUT2D eigenvalue weighted by molar-refractivity contribution is -0.131. The maximum atomic E-state index is 12.1. The van der Waals surface area contributed by atoms with E-state index in [1.165, 1.54) is 11.3 Å². The highest BCUT2D eigenvalue weighted by Crippen LogP contribution is 2.34. The van der Waals surface area contributed by atoms with Crippen LogP contribution in [0.4, 0.5) is 5.00 Å². The minimum atomic E-state index is -0.228. The predicted octanol–water partition coefficient (Wildman–Crippen LogP) is 0.826. The Morgan fingerprint density at radius 2 is 2.33 bits per heavy atom. The number of anilines is 1. The molecule has 0 bridgehead atoms. The Morgan fingerprint density at radius 1 is 1.48 bits per heavy atom. The Hall–Kier alpha value is -1.91. The van der Waals surface area contributed by atoms with Gasteiger partial charge in [-0.3, -0.25) is 9.59 Å². The number of thiophene rings is 1. The van der Waals surface area contributed by atoms with Crippen molar-refractivity contribution in [2.45, 2.75) is 25.8 Å². The van der Waals surface area contributed by atoms with Gasteiger partial charge in [0.25, 0.3) is 0 Å². The zero-order valence-corrected chi connectivity index (χ0v) is 12.4. The average Bonchev–Trinajstić information content (AvgIpc) is 3.02. The number of carbonyl (C=O) groups is 2. The number of hydrogen-bond donors (Lipinski definition) is 2. The van der Waals surface area contributed by atoms with Gasteiger partial charge in [0, 0.05) is 24.4 Å². The van der Waals surface area contributed by atoms with Gasteiger partial charge in [-0.25, -0.2) is 0 Å². The lowest BCUT2D eigenvalue weighted by atomic mass is 10.1. The summed E-state index contributed by atoms with van der Waals surface area (Å²) in [5, 5.41) is 16.0. The van der Waals surface area contributed by atoms with E-state index < -0.39 is 0 Å². The molecule has 2 amide bonds. The first kappa shape index (κ1) is 14.0. The monoisotopic (exact) mass is 304 g/mol. The summed E-state index contributed by atoms with van der Waals surface area (Å²) in [7, 11) is 0. The van der Waals surface area contributed by atoms with Gasteiger partial charge in [-0.05, 0) is 24.9 Å². The summed E-state index contributed by atoms with van der Waals surface area (Å²) in [5.41, 5.74) is 1.63. The summed E-state index contributed by atoms with van der Waals surface area (Å²) in [4.78, 5) is 26.3. The molecule has 2 aliphatic rings. The molecule has 3 heterocycles. The minimum absolute atomic E-state index is 0.0281. The average molecular weight is 304 g/mol. The van der Waals surface area contributed by atoms with Crippen LogP contribution >= 0.6 is 11.3 Å². The van der Waals surface area contributed by atoms with Crippen molar-refractivity contribution in [3.05, 3.63) is 16.0 Å². The molecule has 1 saturated heterocycles.